The molecule has 3 aromatic heterocycles. The number of thiophene rings is 1. The molecular formula is C20H18N4OS. The fourth-order valence-electron chi connectivity index (χ4n) is 3.04. The van der Waals surface area contributed by atoms with Gasteiger partial charge in [0.25, 0.3) is 0 Å². The van der Waals surface area contributed by atoms with E-state index in [0.717, 1.165) is 5.52 Å². The number of carbonyl (C=O) groups is 1. The van der Waals surface area contributed by atoms with Gasteiger partial charge in [-0.3, -0.25) is 4.98 Å². The molecule has 0 aliphatic carbocycles. The molecule has 0 saturated heterocycles. The Hall–Kier alpha value is -3.12. The highest BCUT2D eigenvalue weighted by Gasteiger charge is 2.20. The molecule has 1 aromatic carbocycles. The number of para-hydroxylation sites is 1. The van der Waals surface area contributed by atoms with Crippen molar-refractivity contribution >= 4 is 34.0 Å². The molecule has 3 heterocycles. The minimum Gasteiger partial charge on any atom is -0.361 e. The molecule has 1 atom stereocenters. The number of amides is 2. The van der Waals surface area contributed by atoms with Crippen LogP contribution < -0.4 is 10.6 Å². The van der Waals surface area contributed by atoms with E-state index in [-0.39, 0.29) is 11.9 Å². The number of urea groups is 1. The lowest BCUT2D eigenvalue weighted by atomic mass is 9.97. The number of benzene rings is 1. The average molecular weight is 362 g/mol. The largest absolute Gasteiger partial charge is 0.361 e. The SMILES string of the molecule is O=C(NCC(c1cccs1)c1c[nH]c2ccccc12)Nc1cccnc1. The van der Waals surface area contributed by atoms with Gasteiger partial charge in [-0.25, -0.2) is 4.79 Å². The lowest BCUT2D eigenvalue weighted by molar-refractivity contribution is 0.252. The summed E-state index contributed by atoms with van der Waals surface area (Å²) in [6.07, 6.45) is 5.33. The van der Waals surface area contributed by atoms with E-state index in [1.165, 1.54) is 15.8 Å². The number of anilines is 1. The Balaban J connectivity index is 1.54. The normalized spacial score (nSPS) is 12.0. The molecule has 1 unspecified atom stereocenters. The van der Waals surface area contributed by atoms with Crippen LogP contribution in [-0.4, -0.2) is 22.5 Å². The maximum Gasteiger partial charge on any atom is 0.319 e. The number of H-pyrrole nitrogens is 1. The molecule has 4 rings (SSSR count). The molecular weight excluding hydrogens is 344 g/mol. The van der Waals surface area contributed by atoms with Crippen molar-refractivity contribution in [3.05, 3.63) is 82.9 Å². The van der Waals surface area contributed by atoms with E-state index in [1.807, 2.05) is 30.5 Å². The van der Waals surface area contributed by atoms with Crippen LogP contribution in [0.1, 0.15) is 16.4 Å². The van der Waals surface area contributed by atoms with Gasteiger partial charge in [0.2, 0.25) is 0 Å². The number of aromatic nitrogens is 2. The van der Waals surface area contributed by atoms with E-state index >= 15 is 0 Å². The van der Waals surface area contributed by atoms with Crippen molar-refractivity contribution in [3.8, 4) is 0 Å². The summed E-state index contributed by atoms with van der Waals surface area (Å²) in [5.74, 6) is 0.0887. The van der Waals surface area contributed by atoms with Crippen LogP contribution in [0.3, 0.4) is 0 Å². The van der Waals surface area contributed by atoms with Gasteiger partial charge in [0.15, 0.2) is 0 Å². The smallest absolute Gasteiger partial charge is 0.319 e. The summed E-state index contributed by atoms with van der Waals surface area (Å²) >= 11 is 1.70. The highest BCUT2D eigenvalue weighted by atomic mass is 32.1. The van der Waals surface area contributed by atoms with Gasteiger partial charge in [-0.1, -0.05) is 24.3 Å². The second-order valence-corrected chi connectivity index (χ2v) is 6.91. The van der Waals surface area contributed by atoms with Crippen molar-refractivity contribution < 1.29 is 4.79 Å². The molecule has 0 aliphatic heterocycles. The molecule has 0 saturated carbocycles. The maximum absolute atomic E-state index is 12.3. The number of fused-ring (bicyclic) bond motifs is 1. The fourth-order valence-corrected chi connectivity index (χ4v) is 3.89. The maximum atomic E-state index is 12.3. The standard InChI is InChI=1S/C20H18N4OS/c25-20(24-14-5-3-9-21-11-14)23-13-17(19-8-4-10-26-19)16-12-22-18-7-2-1-6-15(16)18/h1-12,17,22H,13H2,(H2,23,24,25). The van der Waals surface area contributed by atoms with Gasteiger partial charge in [-0.2, -0.15) is 0 Å². The van der Waals surface area contributed by atoms with Gasteiger partial charge in [0, 0.05) is 40.6 Å². The Bertz CT molecular complexity index is 995. The van der Waals surface area contributed by atoms with Crippen molar-refractivity contribution in [1.82, 2.24) is 15.3 Å². The number of rotatable bonds is 5. The van der Waals surface area contributed by atoms with Gasteiger partial charge in [-0.15, -0.1) is 11.3 Å². The highest BCUT2D eigenvalue weighted by Crippen LogP contribution is 2.32. The average Bonchev–Trinajstić information content (AvgIpc) is 3.34. The number of nitrogens with one attached hydrogen (secondary N) is 3. The van der Waals surface area contributed by atoms with Crippen LogP contribution in [-0.2, 0) is 0 Å². The summed E-state index contributed by atoms with van der Waals surface area (Å²) in [6, 6.07) is 15.7. The zero-order valence-electron chi connectivity index (χ0n) is 14.0. The zero-order chi connectivity index (χ0) is 17.8. The van der Waals surface area contributed by atoms with Crippen molar-refractivity contribution in [2.24, 2.45) is 0 Å². The summed E-state index contributed by atoms with van der Waals surface area (Å²) in [5.41, 5.74) is 2.96. The second-order valence-electron chi connectivity index (χ2n) is 5.93. The second kappa shape index (κ2) is 7.41. The van der Waals surface area contributed by atoms with Gasteiger partial charge in [0.05, 0.1) is 11.9 Å². The van der Waals surface area contributed by atoms with E-state index in [9.17, 15) is 4.79 Å². The van der Waals surface area contributed by atoms with Gasteiger partial charge < -0.3 is 15.6 Å². The van der Waals surface area contributed by atoms with Crippen LogP contribution in [0.2, 0.25) is 0 Å². The van der Waals surface area contributed by atoms with E-state index in [0.29, 0.717) is 12.2 Å². The number of nitrogens with zero attached hydrogens (tertiary/aromatic N) is 1. The molecule has 2 amide bonds. The van der Waals surface area contributed by atoms with Crippen LogP contribution in [0.4, 0.5) is 10.5 Å². The molecule has 0 spiro atoms. The predicted molar refractivity (Wildman–Crippen MR) is 106 cm³/mol. The minimum atomic E-state index is -0.237. The molecule has 6 heteroatoms. The van der Waals surface area contributed by atoms with Gasteiger partial charge >= 0.3 is 6.03 Å². The Labute approximate surface area is 155 Å². The third-order valence-electron chi connectivity index (χ3n) is 4.27. The van der Waals surface area contributed by atoms with E-state index in [2.05, 4.69) is 44.2 Å². The minimum absolute atomic E-state index is 0.0887. The number of hydrogen-bond acceptors (Lipinski definition) is 3. The summed E-state index contributed by atoms with van der Waals surface area (Å²) in [4.78, 5) is 20.8. The summed E-state index contributed by atoms with van der Waals surface area (Å²) in [6.45, 7) is 0.508. The predicted octanol–water partition coefficient (Wildman–Crippen LogP) is 4.58. The first-order chi connectivity index (χ1) is 12.8. The van der Waals surface area contributed by atoms with Crippen molar-refractivity contribution in [2.75, 3.05) is 11.9 Å². The highest BCUT2D eigenvalue weighted by molar-refractivity contribution is 7.10. The molecule has 26 heavy (non-hydrogen) atoms. The molecule has 5 nitrogen and oxygen atoms in total. The van der Waals surface area contributed by atoms with Crippen LogP contribution in [0.25, 0.3) is 10.9 Å². The summed E-state index contributed by atoms with van der Waals surface area (Å²) in [5, 5.41) is 9.04. The Morgan fingerprint density at radius 3 is 2.88 bits per heavy atom. The molecule has 130 valence electrons. The first kappa shape index (κ1) is 16.4. The molecule has 0 aliphatic rings. The topological polar surface area (TPSA) is 69.8 Å². The van der Waals surface area contributed by atoms with Crippen molar-refractivity contribution in [2.45, 2.75) is 5.92 Å². The van der Waals surface area contributed by atoms with Crippen molar-refractivity contribution in [3.63, 3.8) is 0 Å². The number of hydrogen-bond donors (Lipinski definition) is 3. The van der Waals surface area contributed by atoms with E-state index in [4.69, 9.17) is 0 Å². The van der Waals surface area contributed by atoms with Crippen LogP contribution >= 0.6 is 11.3 Å². The summed E-state index contributed by atoms with van der Waals surface area (Å²) in [7, 11) is 0. The van der Waals surface area contributed by atoms with E-state index < -0.39 is 0 Å². The Kier molecular flexibility index (Phi) is 4.66. The third-order valence-corrected chi connectivity index (χ3v) is 5.26. The zero-order valence-corrected chi connectivity index (χ0v) is 14.8. The monoisotopic (exact) mass is 362 g/mol. The number of carbonyl (C=O) groups excluding carboxylic acids is 1. The lowest BCUT2D eigenvalue weighted by Gasteiger charge is -2.16. The quantitative estimate of drug-likeness (QED) is 0.486. The van der Waals surface area contributed by atoms with E-state index in [1.54, 1.807) is 29.8 Å². The third kappa shape index (κ3) is 3.45. The summed E-state index contributed by atoms with van der Waals surface area (Å²) < 4.78 is 0. The first-order valence-corrected chi connectivity index (χ1v) is 9.23. The molecule has 3 N–H and O–H groups in total. The number of aromatic amines is 1. The molecule has 0 fully saturated rings. The lowest BCUT2D eigenvalue weighted by Crippen LogP contribution is -2.32. The fraction of sp³-hybridized carbons (Fsp3) is 0.100. The number of pyridine rings is 1. The Morgan fingerprint density at radius 1 is 1.15 bits per heavy atom. The van der Waals surface area contributed by atoms with Crippen LogP contribution in [0.5, 0.6) is 0 Å². The van der Waals surface area contributed by atoms with Crippen LogP contribution in [0, 0.1) is 0 Å². The van der Waals surface area contributed by atoms with Gasteiger partial charge in [0.1, 0.15) is 0 Å². The molecule has 0 radical (unpaired) electrons. The molecule has 4 aromatic rings. The first-order valence-electron chi connectivity index (χ1n) is 8.35. The van der Waals surface area contributed by atoms with Gasteiger partial charge in [-0.05, 0) is 35.2 Å². The molecule has 0 bridgehead atoms. The Morgan fingerprint density at radius 2 is 2.08 bits per heavy atom. The van der Waals surface area contributed by atoms with Crippen molar-refractivity contribution in [1.29, 1.82) is 0 Å². The van der Waals surface area contributed by atoms with Crippen LogP contribution in [0.15, 0.2) is 72.5 Å².